The Morgan fingerprint density at radius 1 is 1.43 bits per heavy atom. The van der Waals surface area contributed by atoms with Crippen LogP contribution in [0.15, 0.2) is 35.1 Å². The summed E-state index contributed by atoms with van der Waals surface area (Å²) in [6, 6.07) is 9.12. The molecule has 1 aromatic carbocycles. The van der Waals surface area contributed by atoms with E-state index in [1.807, 2.05) is 34.9 Å². The van der Waals surface area contributed by atoms with E-state index in [2.05, 4.69) is 11.9 Å². The summed E-state index contributed by atoms with van der Waals surface area (Å²) in [4.78, 5) is 29.4. The van der Waals surface area contributed by atoms with Crippen molar-refractivity contribution in [3.63, 3.8) is 0 Å². The molecule has 1 aliphatic heterocycles. The molecule has 0 spiro atoms. The van der Waals surface area contributed by atoms with Gasteiger partial charge in [0.05, 0.1) is 5.37 Å². The lowest BCUT2D eigenvalue weighted by Gasteiger charge is -2.23. The summed E-state index contributed by atoms with van der Waals surface area (Å²) in [7, 11) is 0. The second-order valence-electron chi connectivity index (χ2n) is 5.21. The molecule has 21 heavy (non-hydrogen) atoms. The van der Waals surface area contributed by atoms with E-state index in [1.165, 1.54) is 0 Å². The summed E-state index contributed by atoms with van der Waals surface area (Å²) >= 11 is 1.82. The van der Waals surface area contributed by atoms with Crippen molar-refractivity contribution in [2.24, 2.45) is 0 Å². The highest BCUT2D eigenvalue weighted by molar-refractivity contribution is 8.00. The monoisotopic (exact) mass is 302 g/mol. The molecule has 0 bridgehead atoms. The molecule has 1 atom stereocenters. The number of H-pyrrole nitrogens is 1. The Balaban J connectivity index is 1.96. The highest BCUT2D eigenvalue weighted by Gasteiger charge is 2.29. The van der Waals surface area contributed by atoms with Crippen LogP contribution in [0, 0.1) is 0 Å². The largest absolute Gasteiger partial charge is 0.325 e. The third-order valence-corrected chi connectivity index (χ3v) is 5.06. The maximum atomic E-state index is 12.7. The van der Waals surface area contributed by atoms with Crippen LogP contribution in [0.3, 0.4) is 0 Å². The Kier molecular flexibility index (Phi) is 4.01. The second-order valence-corrected chi connectivity index (χ2v) is 6.50. The van der Waals surface area contributed by atoms with E-state index in [4.69, 9.17) is 0 Å². The fourth-order valence-electron chi connectivity index (χ4n) is 2.72. The molecule has 110 valence electrons. The number of amides is 1. The number of aromatic nitrogens is 1. The second kappa shape index (κ2) is 5.93. The number of nitrogens with one attached hydrogen (secondary N) is 1. The Hall–Kier alpha value is -1.75. The number of fused-ring (bicyclic) bond motifs is 1. The number of nitrogens with zero attached hydrogens (tertiary/aromatic N) is 1. The number of aromatic amines is 1. The number of rotatable bonds is 3. The Labute approximate surface area is 127 Å². The zero-order chi connectivity index (χ0) is 14.8. The minimum Gasteiger partial charge on any atom is -0.325 e. The fraction of sp³-hybridized carbons (Fsp3) is 0.375. The molecular formula is C16H18N2O2S. The molecule has 0 unspecified atom stereocenters. The van der Waals surface area contributed by atoms with Gasteiger partial charge in [-0.3, -0.25) is 9.59 Å². The lowest BCUT2D eigenvalue weighted by molar-refractivity contribution is 0.0750. The van der Waals surface area contributed by atoms with Crippen molar-refractivity contribution >= 4 is 28.4 Å². The lowest BCUT2D eigenvalue weighted by atomic mass is 10.1. The molecule has 3 rings (SSSR count). The molecule has 1 aliphatic rings. The van der Waals surface area contributed by atoms with E-state index in [1.54, 1.807) is 12.1 Å². The van der Waals surface area contributed by atoms with E-state index in [0.717, 1.165) is 30.5 Å². The lowest BCUT2D eigenvalue weighted by Crippen LogP contribution is -2.36. The maximum absolute atomic E-state index is 12.7. The molecule has 1 aromatic heterocycles. The standard InChI is InChI=1S/C16H18N2O2S/c1-2-5-14-18(8-9-21-14)16(20)13-10-11-6-3-4-7-12(11)15(19)17-13/h3-4,6-7,10,14H,2,5,8-9H2,1H3,(H,17,19)/t14-/m0/s1. The molecule has 1 fully saturated rings. The van der Waals surface area contributed by atoms with Crippen LogP contribution in [0.4, 0.5) is 0 Å². The van der Waals surface area contributed by atoms with Crippen LogP contribution < -0.4 is 5.56 Å². The predicted molar refractivity (Wildman–Crippen MR) is 86.8 cm³/mol. The number of pyridine rings is 1. The summed E-state index contributed by atoms with van der Waals surface area (Å²) in [5, 5.41) is 1.66. The molecule has 0 saturated carbocycles. The van der Waals surface area contributed by atoms with Gasteiger partial charge in [0, 0.05) is 17.7 Å². The summed E-state index contributed by atoms with van der Waals surface area (Å²) in [5.41, 5.74) is 0.192. The number of thioether (sulfide) groups is 1. The first-order chi connectivity index (χ1) is 10.2. The van der Waals surface area contributed by atoms with Gasteiger partial charge < -0.3 is 9.88 Å². The first-order valence-electron chi connectivity index (χ1n) is 7.25. The third kappa shape index (κ3) is 2.70. The van der Waals surface area contributed by atoms with Gasteiger partial charge in [-0.05, 0) is 23.9 Å². The van der Waals surface area contributed by atoms with Crippen LogP contribution in [0.1, 0.15) is 30.3 Å². The van der Waals surface area contributed by atoms with Gasteiger partial charge in [-0.25, -0.2) is 0 Å². The van der Waals surface area contributed by atoms with Crippen LogP contribution >= 0.6 is 11.8 Å². The first-order valence-corrected chi connectivity index (χ1v) is 8.30. The third-order valence-electron chi connectivity index (χ3n) is 3.77. The van der Waals surface area contributed by atoms with Gasteiger partial charge in [-0.15, -0.1) is 11.8 Å². The number of carbonyl (C=O) groups excluding carboxylic acids is 1. The Morgan fingerprint density at radius 3 is 3.05 bits per heavy atom. The maximum Gasteiger partial charge on any atom is 0.271 e. The topological polar surface area (TPSA) is 53.2 Å². The smallest absolute Gasteiger partial charge is 0.271 e. The van der Waals surface area contributed by atoms with Gasteiger partial charge in [-0.1, -0.05) is 31.5 Å². The highest BCUT2D eigenvalue weighted by atomic mass is 32.2. The van der Waals surface area contributed by atoms with E-state index in [0.29, 0.717) is 11.1 Å². The van der Waals surface area contributed by atoms with Crippen molar-refractivity contribution in [1.29, 1.82) is 0 Å². The SMILES string of the molecule is CCC[C@@H]1SCCN1C(=O)c1cc2ccccc2c(=O)[nH]1. The van der Waals surface area contributed by atoms with Gasteiger partial charge in [0.2, 0.25) is 0 Å². The summed E-state index contributed by atoms with van der Waals surface area (Å²) in [5.74, 6) is 0.898. The number of benzene rings is 1. The molecular weight excluding hydrogens is 284 g/mol. The van der Waals surface area contributed by atoms with Crippen LogP contribution in [0.2, 0.25) is 0 Å². The molecule has 0 aliphatic carbocycles. The zero-order valence-corrected chi connectivity index (χ0v) is 12.8. The van der Waals surface area contributed by atoms with E-state index < -0.39 is 0 Å². The molecule has 0 radical (unpaired) electrons. The van der Waals surface area contributed by atoms with Crippen molar-refractivity contribution in [2.75, 3.05) is 12.3 Å². The molecule has 2 heterocycles. The molecule has 1 amide bonds. The van der Waals surface area contributed by atoms with Crippen LogP contribution in [-0.2, 0) is 0 Å². The highest BCUT2D eigenvalue weighted by Crippen LogP contribution is 2.28. The van der Waals surface area contributed by atoms with Crippen LogP contribution in [-0.4, -0.2) is 33.5 Å². The van der Waals surface area contributed by atoms with Crippen molar-refractivity contribution in [3.05, 3.63) is 46.4 Å². The molecule has 2 aromatic rings. The van der Waals surface area contributed by atoms with Crippen LogP contribution in [0.5, 0.6) is 0 Å². The van der Waals surface area contributed by atoms with E-state index in [9.17, 15) is 9.59 Å². The van der Waals surface area contributed by atoms with E-state index in [-0.39, 0.29) is 16.8 Å². The summed E-state index contributed by atoms with van der Waals surface area (Å²) in [6.07, 6.45) is 2.05. The van der Waals surface area contributed by atoms with Gasteiger partial charge in [0.25, 0.3) is 11.5 Å². The summed E-state index contributed by atoms with van der Waals surface area (Å²) < 4.78 is 0. The van der Waals surface area contributed by atoms with Crippen molar-refractivity contribution in [2.45, 2.75) is 25.1 Å². The van der Waals surface area contributed by atoms with E-state index >= 15 is 0 Å². The minimum absolute atomic E-state index is 0.0682. The minimum atomic E-state index is -0.199. The average Bonchev–Trinajstić information content (AvgIpc) is 2.95. The molecule has 4 nitrogen and oxygen atoms in total. The van der Waals surface area contributed by atoms with Crippen molar-refractivity contribution < 1.29 is 4.79 Å². The Bertz CT molecular complexity index is 726. The fourth-order valence-corrected chi connectivity index (χ4v) is 4.08. The number of hydrogen-bond donors (Lipinski definition) is 1. The number of hydrogen-bond acceptors (Lipinski definition) is 3. The zero-order valence-electron chi connectivity index (χ0n) is 12.0. The predicted octanol–water partition coefficient (Wildman–Crippen LogP) is 2.84. The summed E-state index contributed by atoms with van der Waals surface area (Å²) in [6.45, 7) is 2.88. The van der Waals surface area contributed by atoms with Gasteiger partial charge in [0.15, 0.2) is 0 Å². The normalized spacial score (nSPS) is 18.3. The van der Waals surface area contributed by atoms with Crippen molar-refractivity contribution in [1.82, 2.24) is 9.88 Å². The first kappa shape index (κ1) is 14.2. The van der Waals surface area contributed by atoms with Gasteiger partial charge in [-0.2, -0.15) is 0 Å². The molecule has 5 heteroatoms. The van der Waals surface area contributed by atoms with Crippen molar-refractivity contribution in [3.8, 4) is 0 Å². The Morgan fingerprint density at radius 2 is 2.24 bits per heavy atom. The number of carbonyl (C=O) groups is 1. The molecule has 1 saturated heterocycles. The van der Waals surface area contributed by atoms with Crippen LogP contribution in [0.25, 0.3) is 10.8 Å². The quantitative estimate of drug-likeness (QED) is 0.948. The van der Waals surface area contributed by atoms with Gasteiger partial charge in [0.1, 0.15) is 5.69 Å². The average molecular weight is 302 g/mol. The molecule has 1 N–H and O–H groups in total. The van der Waals surface area contributed by atoms with Gasteiger partial charge >= 0.3 is 0 Å².